The average molecular weight is 318 g/mol. The number of hydrogen-bond acceptors (Lipinski definition) is 4. The molecule has 0 unspecified atom stereocenters. The van der Waals surface area contributed by atoms with Crippen LogP contribution in [0.3, 0.4) is 0 Å². The molecule has 5 nitrogen and oxygen atoms in total. The van der Waals surface area contributed by atoms with Crippen molar-refractivity contribution in [2.24, 2.45) is 0 Å². The third kappa shape index (κ3) is 5.67. The van der Waals surface area contributed by atoms with Gasteiger partial charge in [-0.05, 0) is 50.7 Å². The number of benzene rings is 1. The number of nitrogens with zero attached hydrogens (tertiary/aromatic N) is 1. The Labute approximate surface area is 138 Å². The van der Waals surface area contributed by atoms with E-state index in [0.29, 0.717) is 12.3 Å². The molecule has 1 aliphatic rings. The molecule has 0 aromatic heterocycles. The van der Waals surface area contributed by atoms with Crippen LogP contribution in [0.15, 0.2) is 24.3 Å². The number of carbonyl (C=O) groups is 2. The molecular weight excluding hydrogens is 292 g/mol. The Kier molecular flexibility index (Phi) is 5.77. The van der Waals surface area contributed by atoms with Crippen molar-refractivity contribution in [2.75, 3.05) is 13.1 Å². The highest BCUT2D eigenvalue weighted by Crippen LogP contribution is 2.27. The highest BCUT2D eigenvalue weighted by Gasteiger charge is 2.23. The van der Waals surface area contributed by atoms with Crippen LogP contribution in [-0.4, -0.2) is 36.1 Å². The second-order valence-electron chi connectivity index (χ2n) is 6.99. The molecule has 0 bridgehead atoms. The third-order valence-corrected chi connectivity index (χ3v) is 3.91. The van der Waals surface area contributed by atoms with Gasteiger partial charge in [0, 0.05) is 19.5 Å². The zero-order valence-electron chi connectivity index (χ0n) is 14.2. The van der Waals surface area contributed by atoms with Gasteiger partial charge in [0.05, 0.1) is 0 Å². The monoisotopic (exact) mass is 318 g/mol. The zero-order valence-corrected chi connectivity index (χ0v) is 14.2. The first-order valence-corrected chi connectivity index (χ1v) is 8.14. The van der Waals surface area contributed by atoms with E-state index in [9.17, 15) is 9.59 Å². The highest BCUT2D eigenvalue weighted by molar-refractivity contribution is 5.67. The van der Waals surface area contributed by atoms with Gasteiger partial charge in [0.2, 0.25) is 0 Å². The third-order valence-electron chi connectivity index (χ3n) is 3.91. The molecular formula is C18H26N2O3. The van der Waals surface area contributed by atoms with E-state index in [-0.39, 0.29) is 0 Å². The van der Waals surface area contributed by atoms with Crippen molar-refractivity contribution in [2.45, 2.75) is 51.6 Å². The lowest BCUT2D eigenvalue weighted by atomic mass is 9.89. The second kappa shape index (κ2) is 7.59. The van der Waals surface area contributed by atoms with Crippen molar-refractivity contribution in [3.63, 3.8) is 0 Å². The fourth-order valence-electron chi connectivity index (χ4n) is 2.78. The molecule has 5 heteroatoms. The van der Waals surface area contributed by atoms with Crippen LogP contribution in [0.1, 0.15) is 50.7 Å². The standard InChI is InChI=1S/C18H26N2O3/c1-18(2,3)23-17(22)19-20-11-8-16(9-12-20)15-6-4-14(5-7-15)10-13-21/h4-7,13,16H,8-12H2,1-3H3,(H,19,22). The van der Waals surface area contributed by atoms with Crippen molar-refractivity contribution >= 4 is 12.4 Å². The Morgan fingerprint density at radius 1 is 1.26 bits per heavy atom. The van der Waals surface area contributed by atoms with Crippen molar-refractivity contribution in [1.82, 2.24) is 10.4 Å². The van der Waals surface area contributed by atoms with Crippen molar-refractivity contribution in [3.05, 3.63) is 35.4 Å². The molecule has 1 amide bonds. The van der Waals surface area contributed by atoms with Crippen LogP contribution in [0.25, 0.3) is 0 Å². The minimum absolute atomic E-state index is 0.394. The second-order valence-corrected chi connectivity index (χ2v) is 6.99. The van der Waals surface area contributed by atoms with E-state index in [2.05, 4.69) is 17.6 Å². The van der Waals surface area contributed by atoms with Gasteiger partial charge < -0.3 is 9.53 Å². The largest absolute Gasteiger partial charge is 0.443 e. The summed E-state index contributed by atoms with van der Waals surface area (Å²) in [5.74, 6) is 0.497. The summed E-state index contributed by atoms with van der Waals surface area (Å²) in [6.45, 7) is 7.17. The van der Waals surface area contributed by atoms with Gasteiger partial charge in [0.25, 0.3) is 0 Å². The van der Waals surface area contributed by atoms with Gasteiger partial charge in [-0.2, -0.15) is 0 Å². The fourth-order valence-corrected chi connectivity index (χ4v) is 2.78. The molecule has 1 N–H and O–H groups in total. The number of ether oxygens (including phenoxy) is 1. The van der Waals surface area contributed by atoms with Crippen molar-refractivity contribution in [3.8, 4) is 0 Å². The molecule has 1 heterocycles. The average Bonchev–Trinajstić information content (AvgIpc) is 2.47. The quantitative estimate of drug-likeness (QED) is 0.867. The minimum atomic E-state index is -0.480. The first-order chi connectivity index (χ1) is 10.9. The molecule has 126 valence electrons. The van der Waals surface area contributed by atoms with E-state index >= 15 is 0 Å². The Bertz CT molecular complexity index is 526. The summed E-state index contributed by atoms with van der Waals surface area (Å²) >= 11 is 0. The maximum atomic E-state index is 11.8. The van der Waals surface area contributed by atoms with Crippen LogP contribution in [0.2, 0.25) is 0 Å². The normalized spacial score (nSPS) is 16.8. The van der Waals surface area contributed by atoms with E-state index < -0.39 is 11.7 Å². The van der Waals surface area contributed by atoms with E-state index in [1.165, 1.54) is 5.56 Å². The van der Waals surface area contributed by atoms with Gasteiger partial charge in [-0.1, -0.05) is 24.3 Å². The van der Waals surface area contributed by atoms with E-state index in [1.807, 2.05) is 37.9 Å². The Hall–Kier alpha value is -1.88. The van der Waals surface area contributed by atoms with Gasteiger partial charge in [0.15, 0.2) is 0 Å². The Morgan fingerprint density at radius 2 is 1.87 bits per heavy atom. The molecule has 1 aromatic carbocycles. The number of rotatable bonds is 4. The minimum Gasteiger partial charge on any atom is -0.443 e. The Balaban J connectivity index is 1.81. The number of hydrazine groups is 1. The maximum absolute atomic E-state index is 11.8. The molecule has 1 saturated heterocycles. The van der Waals surface area contributed by atoms with Crippen LogP contribution in [0, 0.1) is 0 Å². The smallest absolute Gasteiger partial charge is 0.422 e. The summed E-state index contributed by atoms with van der Waals surface area (Å²) in [5.41, 5.74) is 4.68. The summed E-state index contributed by atoms with van der Waals surface area (Å²) in [6.07, 6.45) is 2.98. The number of aldehydes is 1. The topological polar surface area (TPSA) is 58.6 Å². The number of amides is 1. The SMILES string of the molecule is CC(C)(C)OC(=O)NN1CCC(c2ccc(CC=O)cc2)CC1. The van der Waals surface area contributed by atoms with E-state index in [0.717, 1.165) is 37.8 Å². The van der Waals surface area contributed by atoms with E-state index in [1.54, 1.807) is 0 Å². The van der Waals surface area contributed by atoms with Gasteiger partial charge in [-0.25, -0.2) is 9.80 Å². The molecule has 0 radical (unpaired) electrons. The van der Waals surface area contributed by atoms with Crippen molar-refractivity contribution in [1.29, 1.82) is 0 Å². The molecule has 0 spiro atoms. The van der Waals surface area contributed by atoms with Gasteiger partial charge in [-0.3, -0.25) is 5.43 Å². The van der Waals surface area contributed by atoms with Gasteiger partial charge >= 0.3 is 6.09 Å². The van der Waals surface area contributed by atoms with Crippen LogP contribution in [-0.2, 0) is 16.0 Å². The summed E-state index contributed by atoms with van der Waals surface area (Å²) in [7, 11) is 0. The van der Waals surface area contributed by atoms with Crippen LogP contribution in [0.5, 0.6) is 0 Å². The van der Waals surface area contributed by atoms with Crippen LogP contribution in [0.4, 0.5) is 4.79 Å². The predicted molar refractivity (Wildman–Crippen MR) is 89.1 cm³/mol. The molecule has 1 aliphatic heterocycles. The summed E-state index contributed by atoms with van der Waals surface area (Å²) in [5, 5.41) is 1.92. The Morgan fingerprint density at radius 3 is 2.39 bits per heavy atom. The van der Waals surface area contributed by atoms with Crippen LogP contribution < -0.4 is 5.43 Å². The first-order valence-electron chi connectivity index (χ1n) is 8.14. The lowest BCUT2D eigenvalue weighted by Crippen LogP contribution is -2.48. The zero-order chi connectivity index (χ0) is 16.9. The summed E-state index contributed by atoms with van der Waals surface area (Å²) in [4.78, 5) is 22.3. The molecule has 0 aliphatic carbocycles. The predicted octanol–water partition coefficient (Wildman–Crippen LogP) is 3.05. The number of piperidine rings is 1. The molecule has 2 rings (SSSR count). The highest BCUT2D eigenvalue weighted by atomic mass is 16.6. The lowest BCUT2D eigenvalue weighted by Gasteiger charge is -2.32. The summed E-state index contributed by atoms with van der Waals surface area (Å²) < 4.78 is 5.27. The van der Waals surface area contributed by atoms with Crippen molar-refractivity contribution < 1.29 is 14.3 Å². The van der Waals surface area contributed by atoms with Crippen LogP contribution >= 0.6 is 0 Å². The molecule has 23 heavy (non-hydrogen) atoms. The van der Waals surface area contributed by atoms with E-state index in [4.69, 9.17) is 4.74 Å². The molecule has 0 atom stereocenters. The molecule has 0 saturated carbocycles. The first kappa shape index (κ1) is 17.5. The molecule has 1 fully saturated rings. The van der Waals surface area contributed by atoms with Gasteiger partial charge in [0.1, 0.15) is 11.9 Å². The maximum Gasteiger partial charge on any atom is 0.422 e. The van der Waals surface area contributed by atoms with Gasteiger partial charge in [-0.15, -0.1) is 0 Å². The molecule has 1 aromatic rings. The number of hydrogen-bond donors (Lipinski definition) is 1. The number of nitrogens with one attached hydrogen (secondary N) is 1. The number of carbonyl (C=O) groups excluding carboxylic acids is 2. The fraction of sp³-hybridized carbons (Fsp3) is 0.556. The summed E-state index contributed by atoms with van der Waals surface area (Å²) in [6, 6.07) is 8.27. The lowest BCUT2D eigenvalue weighted by molar-refractivity contribution is -0.107.